The number of nitrogens with one attached hydrogen (secondary N) is 1. The smallest absolute Gasteiger partial charge is 0.296 e. The number of nitrogens with two attached hydrogens (primary N) is 1. The average Bonchev–Trinajstić information content (AvgIpc) is 2.34. The third kappa shape index (κ3) is 2.97. The minimum atomic E-state index is -0.485. The maximum absolute atomic E-state index is 10.9. The Hall–Kier alpha value is -2.02. The molecule has 94 valence electrons. The number of nitro benzene ring substituents is 1. The van der Waals surface area contributed by atoms with Crippen molar-refractivity contribution in [3.63, 3.8) is 0 Å². The molecule has 0 aliphatic heterocycles. The molecule has 1 aromatic rings. The fourth-order valence-electron chi connectivity index (χ4n) is 1.37. The summed E-state index contributed by atoms with van der Waals surface area (Å²) in [6.45, 7) is 0.821. The fraction of sp³-hybridized carbons (Fsp3) is 0.400. The van der Waals surface area contributed by atoms with Crippen molar-refractivity contribution in [3.8, 4) is 11.5 Å². The molecule has 0 saturated carbocycles. The lowest BCUT2D eigenvalue weighted by Crippen LogP contribution is -2.14. The highest BCUT2D eigenvalue weighted by atomic mass is 16.6. The van der Waals surface area contributed by atoms with Crippen molar-refractivity contribution in [1.29, 1.82) is 0 Å². The van der Waals surface area contributed by atoms with Gasteiger partial charge in [0, 0.05) is 19.2 Å². The molecule has 0 saturated heterocycles. The molecular weight excluding hydrogens is 226 g/mol. The van der Waals surface area contributed by atoms with E-state index in [0.717, 1.165) is 0 Å². The molecule has 0 aliphatic carbocycles. The van der Waals surface area contributed by atoms with Gasteiger partial charge in [-0.3, -0.25) is 10.1 Å². The summed E-state index contributed by atoms with van der Waals surface area (Å²) in [4.78, 5) is 10.4. The van der Waals surface area contributed by atoms with Crippen molar-refractivity contribution >= 4 is 11.4 Å². The van der Waals surface area contributed by atoms with Gasteiger partial charge in [0.2, 0.25) is 0 Å². The van der Waals surface area contributed by atoms with Gasteiger partial charge in [-0.15, -0.1) is 0 Å². The van der Waals surface area contributed by atoms with Gasteiger partial charge in [0.05, 0.1) is 25.2 Å². The maximum atomic E-state index is 10.9. The standard InChI is InChI=1S/C10H15N3O4/c1-16-9-5-7(12-4-3-11)8(13(14)15)6-10(9)17-2/h5-6,12H,3-4,11H2,1-2H3. The molecule has 17 heavy (non-hydrogen) atoms. The first-order chi connectivity index (χ1) is 8.13. The van der Waals surface area contributed by atoms with Crippen LogP contribution in [-0.2, 0) is 0 Å². The average molecular weight is 241 g/mol. The van der Waals surface area contributed by atoms with Crippen LogP contribution in [0.1, 0.15) is 0 Å². The molecule has 0 radical (unpaired) electrons. The molecule has 1 rings (SSSR count). The Labute approximate surface area is 98.7 Å². The largest absolute Gasteiger partial charge is 0.493 e. The van der Waals surface area contributed by atoms with Crippen molar-refractivity contribution in [2.45, 2.75) is 0 Å². The summed E-state index contributed by atoms with van der Waals surface area (Å²) in [5, 5.41) is 13.8. The SMILES string of the molecule is COc1cc(NCCN)c([N+](=O)[O-])cc1OC. The highest BCUT2D eigenvalue weighted by molar-refractivity contribution is 5.68. The summed E-state index contributed by atoms with van der Waals surface area (Å²) in [6.07, 6.45) is 0. The maximum Gasteiger partial charge on any atom is 0.296 e. The zero-order chi connectivity index (χ0) is 12.8. The van der Waals surface area contributed by atoms with Crippen LogP contribution in [0, 0.1) is 10.1 Å². The summed E-state index contributed by atoms with van der Waals surface area (Å²) in [5.41, 5.74) is 5.63. The molecular formula is C10H15N3O4. The van der Waals surface area contributed by atoms with Gasteiger partial charge in [-0.25, -0.2) is 0 Å². The van der Waals surface area contributed by atoms with E-state index in [0.29, 0.717) is 30.3 Å². The molecule has 0 atom stereocenters. The van der Waals surface area contributed by atoms with Gasteiger partial charge in [0.25, 0.3) is 5.69 Å². The summed E-state index contributed by atoms with van der Waals surface area (Å²) < 4.78 is 10.1. The number of methoxy groups -OCH3 is 2. The van der Waals surface area contributed by atoms with E-state index >= 15 is 0 Å². The van der Waals surface area contributed by atoms with Crippen molar-refractivity contribution in [2.24, 2.45) is 5.73 Å². The van der Waals surface area contributed by atoms with Crippen molar-refractivity contribution < 1.29 is 14.4 Å². The van der Waals surface area contributed by atoms with E-state index < -0.39 is 4.92 Å². The first-order valence-corrected chi connectivity index (χ1v) is 4.98. The Morgan fingerprint density at radius 1 is 1.35 bits per heavy atom. The lowest BCUT2D eigenvalue weighted by atomic mass is 10.2. The second kappa shape index (κ2) is 5.90. The van der Waals surface area contributed by atoms with Crippen LogP contribution in [-0.4, -0.2) is 32.2 Å². The predicted octanol–water partition coefficient (Wildman–Crippen LogP) is 0.983. The van der Waals surface area contributed by atoms with E-state index in [1.807, 2.05) is 0 Å². The van der Waals surface area contributed by atoms with E-state index in [1.165, 1.54) is 26.4 Å². The Kier molecular flexibility index (Phi) is 4.53. The number of rotatable bonds is 6. The first-order valence-electron chi connectivity index (χ1n) is 4.98. The third-order valence-electron chi connectivity index (χ3n) is 2.16. The lowest BCUT2D eigenvalue weighted by Gasteiger charge is -2.11. The second-order valence-electron chi connectivity index (χ2n) is 3.20. The van der Waals surface area contributed by atoms with Crippen LogP contribution in [0.25, 0.3) is 0 Å². The minimum absolute atomic E-state index is 0.0731. The van der Waals surface area contributed by atoms with Crippen LogP contribution >= 0.6 is 0 Å². The highest BCUT2D eigenvalue weighted by Gasteiger charge is 2.18. The number of hydrogen-bond acceptors (Lipinski definition) is 6. The first kappa shape index (κ1) is 13.0. The number of benzene rings is 1. The van der Waals surface area contributed by atoms with E-state index in [1.54, 1.807) is 0 Å². The molecule has 0 aliphatic rings. The van der Waals surface area contributed by atoms with Crippen LogP contribution in [0.5, 0.6) is 11.5 Å². The molecule has 7 nitrogen and oxygen atoms in total. The van der Waals surface area contributed by atoms with Gasteiger partial charge in [0.1, 0.15) is 5.69 Å². The molecule has 0 heterocycles. The molecule has 0 amide bonds. The van der Waals surface area contributed by atoms with Gasteiger partial charge in [-0.1, -0.05) is 0 Å². The monoisotopic (exact) mass is 241 g/mol. The molecule has 3 N–H and O–H groups in total. The van der Waals surface area contributed by atoms with Crippen LogP contribution in [0.15, 0.2) is 12.1 Å². The normalized spacial score (nSPS) is 9.82. The quantitative estimate of drug-likeness (QED) is 0.569. The molecule has 0 bridgehead atoms. The number of hydrogen-bond donors (Lipinski definition) is 2. The van der Waals surface area contributed by atoms with Gasteiger partial charge < -0.3 is 20.5 Å². The Bertz CT molecular complexity index is 409. The zero-order valence-corrected chi connectivity index (χ0v) is 9.73. The Balaban J connectivity index is 3.19. The molecule has 0 fully saturated rings. The highest BCUT2D eigenvalue weighted by Crippen LogP contribution is 2.37. The number of nitro groups is 1. The summed E-state index contributed by atoms with van der Waals surface area (Å²) in [7, 11) is 2.89. The molecule has 0 spiro atoms. The fourth-order valence-corrected chi connectivity index (χ4v) is 1.37. The van der Waals surface area contributed by atoms with Crippen LogP contribution in [0.3, 0.4) is 0 Å². The summed E-state index contributed by atoms with van der Waals surface area (Å²) >= 11 is 0. The number of anilines is 1. The van der Waals surface area contributed by atoms with Crippen molar-refractivity contribution in [1.82, 2.24) is 0 Å². The predicted molar refractivity (Wildman–Crippen MR) is 63.7 cm³/mol. The zero-order valence-electron chi connectivity index (χ0n) is 9.73. The van der Waals surface area contributed by atoms with Gasteiger partial charge in [-0.2, -0.15) is 0 Å². The summed E-state index contributed by atoms with van der Waals surface area (Å²) in [6, 6.07) is 2.84. The molecule has 0 unspecified atom stereocenters. The van der Waals surface area contributed by atoms with E-state index in [2.05, 4.69) is 5.32 Å². The summed E-state index contributed by atoms with van der Waals surface area (Å²) in [5.74, 6) is 0.745. The van der Waals surface area contributed by atoms with E-state index in [-0.39, 0.29) is 5.69 Å². The van der Waals surface area contributed by atoms with E-state index in [4.69, 9.17) is 15.2 Å². The second-order valence-corrected chi connectivity index (χ2v) is 3.20. The Morgan fingerprint density at radius 3 is 2.41 bits per heavy atom. The topological polar surface area (TPSA) is 99.7 Å². The van der Waals surface area contributed by atoms with Crippen LogP contribution in [0.4, 0.5) is 11.4 Å². The third-order valence-corrected chi connectivity index (χ3v) is 2.16. The van der Waals surface area contributed by atoms with Crippen molar-refractivity contribution in [2.75, 3.05) is 32.6 Å². The van der Waals surface area contributed by atoms with E-state index in [9.17, 15) is 10.1 Å². The van der Waals surface area contributed by atoms with Crippen LogP contribution in [0.2, 0.25) is 0 Å². The Morgan fingerprint density at radius 2 is 1.94 bits per heavy atom. The number of ether oxygens (including phenoxy) is 2. The van der Waals surface area contributed by atoms with Gasteiger partial charge in [0.15, 0.2) is 11.5 Å². The molecule has 0 aromatic heterocycles. The van der Waals surface area contributed by atoms with Gasteiger partial charge >= 0.3 is 0 Å². The minimum Gasteiger partial charge on any atom is -0.493 e. The number of nitrogens with zero attached hydrogens (tertiary/aromatic N) is 1. The van der Waals surface area contributed by atoms with Gasteiger partial charge in [-0.05, 0) is 0 Å². The van der Waals surface area contributed by atoms with Crippen molar-refractivity contribution in [3.05, 3.63) is 22.2 Å². The molecule has 1 aromatic carbocycles. The van der Waals surface area contributed by atoms with Crippen LogP contribution < -0.4 is 20.5 Å². The lowest BCUT2D eigenvalue weighted by molar-refractivity contribution is -0.384. The molecule has 7 heteroatoms.